The second-order valence-corrected chi connectivity index (χ2v) is 7.70. The zero-order valence-corrected chi connectivity index (χ0v) is 15.1. The third-order valence-electron chi connectivity index (χ3n) is 5.63. The molecule has 6 heteroatoms. The van der Waals surface area contributed by atoms with Gasteiger partial charge in [0.1, 0.15) is 0 Å². The molecule has 3 heterocycles. The lowest BCUT2D eigenvalue weighted by Crippen LogP contribution is -2.50. The first kappa shape index (κ1) is 16.6. The van der Waals surface area contributed by atoms with Crippen LogP contribution in [0.25, 0.3) is 0 Å². The summed E-state index contributed by atoms with van der Waals surface area (Å²) in [5.41, 5.74) is 2.89. The number of aromatic nitrogens is 2. The quantitative estimate of drug-likeness (QED) is 0.886. The first-order valence-electron chi connectivity index (χ1n) is 8.85. The second-order valence-electron chi connectivity index (χ2n) is 7.32. The maximum atomic E-state index is 12.5. The minimum Gasteiger partial charge on any atom is -0.350 e. The second kappa shape index (κ2) is 6.46. The molecule has 1 atom stereocenters. The van der Waals surface area contributed by atoms with Crippen LogP contribution in [-0.2, 0) is 11.3 Å². The number of hydrogen-bond acceptors (Lipinski definition) is 3. The van der Waals surface area contributed by atoms with Gasteiger partial charge in [0.05, 0.1) is 22.3 Å². The van der Waals surface area contributed by atoms with E-state index in [1.807, 2.05) is 25.1 Å². The lowest BCUT2D eigenvalue weighted by molar-refractivity contribution is -0.121. The number of aromatic amines is 1. The summed E-state index contributed by atoms with van der Waals surface area (Å²) in [5.74, 6) is 0.154. The van der Waals surface area contributed by atoms with Gasteiger partial charge in [0.15, 0.2) is 0 Å². The maximum Gasteiger partial charge on any atom is 0.228 e. The number of rotatable bonds is 3. The summed E-state index contributed by atoms with van der Waals surface area (Å²) in [4.78, 5) is 14.9. The molecule has 0 bridgehead atoms. The number of nitrogens with zero attached hydrogens (tertiary/aromatic N) is 2. The van der Waals surface area contributed by atoms with E-state index >= 15 is 0 Å². The van der Waals surface area contributed by atoms with Crippen molar-refractivity contribution in [1.29, 1.82) is 0 Å². The molecule has 25 heavy (non-hydrogen) atoms. The monoisotopic (exact) mass is 358 g/mol. The number of amides is 1. The van der Waals surface area contributed by atoms with Crippen LogP contribution in [0.2, 0.25) is 5.02 Å². The third kappa shape index (κ3) is 3.18. The number of carbonyl (C=O) groups excluding carboxylic acids is 1. The number of carbonyl (C=O) groups is 1. The number of nitrogens with one attached hydrogen (secondary N) is 2. The van der Waals surface area contributed by atoms with Crippen LogP contribution in [0.3, 0.4) is 0 Å². The van der Waals surface area contributed by atoms with Crippen molar-refractivity contribution < 1.29 is 4.79 Å². The van der Waals surface area contributed by atoms with Crippen LogP contribution in [-0.4, -0.2) is 39.6 Å². The zero-order valence-electron chi connectivity index (χ0n) is 14.4. The molecule has 5 nitrogen and oxygen atoms in total. The van der Waals surface area contributed by atoms with E-state index in [9.17, 15) is 4.79 Å². The van der Waals surface area contributed by atoms with Crippen molar-refractivity contribution in [3.8, 4) is 0 Å². The van der Waals surface area contributed by atoms with Gasteiger partial charge in [-0.1, -0.05) is 41.9 Å². The highest BCUT2D eigenvalue weighted by molar-refractivity contribution is 6.31. The highest BCUT2D eigenvalue weighted by atomic mass is 35.5. The molecule has 132 valence electrons. The Balaban J connectivity index is 1.40. The van der Waals surface area contributed by atoms with E-state index in [-0.39, 0.29) is 17.4 Å². The zero-order chi connectivity index (χ0) is 17.4. The normalized spacial score (nSPS) is 23.1. The number of halogens is 1. The van der Waals surface area contributed by atoms with Gasteiger partial charge in [-0.05, 0) is 31.7 Å². The van der Waals surface area contributed by atoms with Crippen molar-refractivity contribution in [2.24, 2.45) is 0 Å². The molecule has 2 saturated heterocycles. The fourth-order valence-electron chi connectivity index (χ4n) is 4.09. The maximum absolute atomic E-state index is 12.5. The fourth-order valence-corrected chi connectivity index (χ4v) is 4.23. The highest BCUT2D eigenvalue weighted by Crippen LogP contribution is 2.39. The van der Waals surface area contributed by atoms with Gasteiger partial charge >= 0.3 is 0 Å². The number of H-pyrrole nitrogens is 1. The minimum atomic E-state index is -0.0562. The molecule has 2 aliphatic rings. The van der Waals surface area contributed by atoms with Gasteiger partial charge in [0.2, 0.25) is 5.91 Å². The molecule has 0 unspecified atom stereocenters. The fraction of sp³-hybridized carbons (Fsp3) is 0.474. The minimum absolute atomic E-state index is 0.0174. The predicted octanol–water partition coefficient (Wildman–Crippen LogP) is 3.01. The van der Waals surface area contributed by atoms with E-state index in [0.717, 1.165) is 60.9 Å². The van der Waals surface area contributed by atoms with Gasteiger partial charge in [-0.2, -0.15) is 5.10 Å². The van der Waals surface area contributed by atoms with E-state index in [4.69, 9.17) is 11.6 Å². The molecular weight excluding hydrogens is 336 g/mol. The van der Waals surface area contributed by atoms with Gasteiger partial charge < -0.3 is 5.32 Å². The Morgan fingerprint density at radius 1 is 1.28 bits per heavy atom. The Labute approximate surface area is 152 Å². The summed E-state index contributed by atoms with van der Waals surface area (Å²) in [5, 5.41) is 11.3. The molecule has 2 fully saturated rings. The van der Waals surface area contributed by atoms with Crippen LogP contribution in [0.1, 0.15) is 42.1 Å². The summed E-state index contributed by atoms with van der Waals surface area (Å²) >= 11 is 6.28. The lowest BCUT2D eigenvalue weighted by atomic mass is 9.82. The van der Waals surface area contributed by atoms with Crippen LogP contribution >= 0.6 is 11.6 Å². The Morgan fingerprint density at radius 3 is 2.64 bits per heavy atom. The van der Waals surface area contributed by atoms with E-state index < -0.39 is 0 Å². The smallest absolute Gasteiger partial charge is 0.228 e. The number of benzene rings is 1. The average Bonchev–Trinajstić information content (AvgIpc) is 3.12. The molecule has 2 N–H and O–H groups in total. The molecule has 0 aliphatic carbocycles. The van der Waals surface area contributed by atoms with Gasteiger partial charge in [0.25, 0.3) is 0 Å². The van der Waals surface area contributed by atoms with Gasteiger partial charge in [-0.3, -0.25) is 14.8 Å². The van der Waals surface area contributed by atoms with Crippen LogP contribution in [0.5, 0.6) is 0 Å². The Kier molecular flexibility index (Phi) is 4.29. The van der Waals surface area contributed by atoms with Crippen LogP contribution < -0.4 is 5.32 Å². The van der Waals surface area contributed by atoms with E-state index in [1.165, 1.54) is 0 Å². The average molecular weight is 359 g/mol. The van der Waals surface area contributed by atoms with Crippen LogP contribution in [0, 0.1) is 6.92 Å². The molecule has 1 aromatic heterocycles. The first-order valence-corrected chi connectivity index (χ1v) is 9.23. The molecule has 1 aromatic carbocycles. The topological polar surface area (TPSA) is 61.0 Å². The summed E-state index contributed by atoms with van der Waals surface area (Å²) in [6.07, 6.45) is 2.85. The molecule has 2 aromatic rings. The van der Waals surface area contributed by atoms with Gasteiger partial charge in [-0.25, -0.2) is 0 Å². The van der Waals surface area contributed by atoms with Crippen molar-refractivity contribution >= 4 is 17.5 Å². The lowest BCUT2D eigenvalue weighted by Gasteiger charge is -2.39. The Morgan fingerprint density at radius 2 is 2.00 bits per heavy atom. The SMILES string of the molecule is Cc1[nH]nc(CN2CCC3(CC2)C[C@@H](c2ccccc2)C(=O)N3)c1Cl. The van der Waals surface area contributed by atoms with Crippen LogP contribution in [0.15, 0.2) is 30.3 Å². The van der Waals surface area contributed by atoms with Gasteiger partial charge in [0, 0.05) is 25.2 Å². The molecule has 1 amide bonds. The number of piperidine rings is 1. The number of likely N-dealkylation sites (tertiary alicyclic amines) is 1. The van der Waals surface area contributed by atoms with Crippen molar-refractivity contribution in [2.75, 3.05) is 13.1 Å². The van der Waals surface area contributed by atoms with Crippen LogP contribution in [0.4, 0.5) is 0 Å². The van der Waals surface area contributed by atoms with Crippen molar-refractivity contribution in [1.82, 2.24) is 20.4 Å². The summed E-state index contributed by atoms with van der Waals surface area (Å²) in [6, 6.07) is 10.1. The molecule has 1 spiro atoms. The van der Waals surface area contributed by atoms with E-state index in [1.54, 1.807) is 0 Å². The molecule has 0 radical (unpaired) electrons. The summed E-state index contributed by atoms with van der Waals surface area (Å²) < 4.78 is 0. The standard InChI is InChI=1S/C19H23ClN4O/c1-13-17(20)16(23-22-13)12-24-9-7-19(8-10-24)11-15(18(25)21-19)14-5-3-2-4-6-14/h2-6,15H,7-12H2,1H3,(H,21,25)(H,22,23)/t15-/m0/s1. The van der Waals surface area contributed by atoms with Crippen molar-refractivity contribution in [3.05, 3.63) is 52.3 Å². The highest BCUT2D eigenvalue weighted by Gasteiger charge is 2.46. The number of hydrogen-bond donors (Lipinski definition) is 2. The van der Waals surface area contributed by atoms with E-state index in [2.05, 4.69) is 32.5 Å². The molecule has 0 saturated carbocycles. The molecule has 2 aliphatic heterocycles. The predicted molar refractivity (Wildman–Crippen MR) is 97.5 cm³/mol. The van der Waals surface area contributed by atoms with Gasteiger partial charge in [-0.15, -0.1) is 0 Å². The van der Waals surface area contributed by atoms with E-state index in [0.29, 0.717) is 0 Å². The number of aryl methyl sites for hydroxylation is 1. The Hall–Kier alpha value is -1.85. The summed E-state index contributed by atoms with van der Waals surface area (Å²) in [6.45, 7) is 4.59. The molecule has 4 rings (SSSR count). The molecular formula is C19H23ClN4O. The third-order valence-corrected chi connectivity index (χ3v) is 6.13. The largest absolute Gasteiger partial charge is 0.350 e. The Bertz CT molecular complexity index is 765. The summed E-state index contributed by atoms with van der Waals surface area (Å²) in [7, 11) is 0. The first-order chi connectivity index (χ1) is 12.1. The van der Waals surface area contributed by atoms with Crippen molar-refractivity contribution in [3.63, 3.8) is 0 Å². The van der Waals surface area contributed by atoms with Crippen molar-refractivity contribution in [2.45, 2.75) is 44.2 Å².